The van der Waals surface area contributed by atoms with Crippen molar-refractivity contribution in [2.75, 3.05) is 13.2 Å². The molecule has 1 amide bonds. The summed E-state index contributed by atoms with van der Waals surface area (Å²) in [5.41, 5.74) is 0.447. The maximum absolute atomic E-state index is 12.8. The van der Waals surface area contributed by atoms with Crippen LogP contribution in [0, 0.1) is 10.8 Å². The van der Waals surface area contributed by atoms with Crippen molar-refractivity contribution in [3.05, 3.63) is 42.0 Å². The molecule has 0 unspecified atom stereocenters. The van der Waals surface area contributed by atoms with Gasteiger partial charge in [0.1, 0.15) is 11.3 Å². The van der Waals surface area contributed by atoms with Crippen molar-refractivity contribution < 1.29 is 19.4 Å². The molecule has 5 heteroatoms. The standard InChI is InChI=1S/C23H27NO4/c1-22(2)10-16-11-23(3,13-22)14-24(16)19(25)12-28-21(27)18-9-8-15-6-4-5-7-17(15)20(18)26/h4-9,16,26H,10-14H2,1-3H3/t16-,23+/m1/s1. The highest BCUT2D eigenvalue weighted by Crippen LogP contribution is 2.52. The first kappa shape index (κ1) is 18.8. The Hall–Kier alpha value is -2.56. The molecule has 0 aromatic heterocycles. The van der Waals surface area contributed by atoms with Gasteiger partial charge in [0.25, 0.3) is 5.91 Å². The summed E-state index contributed by atoms with van der Waals surface area (Å²) in [6.45, 7) is 7.19. The van der Waals surface area contributed by atoms with Crippen molar-refractivity contribution in [3.63, 3.8) is 0 Å². The van der Waals surface area contributed by atoms with Crippen LogP contribution in [0.25, 0.3) is 10.8 Å². The highest BCUT2D eigenvalue weighted by Gasteiger charge is 2.50. The lowest BCUT2D eigenvalue weighted by molar-refractivity contribution is -0.135. The van der Waals surface area contributed by atoms with E-state index in [1.54, 1.807) is 18.2 Å². The van der Waals surface area contributed by atoms with Crippen molar-refractivity contribution >= 4 is 22.6 Å². The van der Waals surface area contributed by atoms with E-state index in [9.17, 15) is 14.7 Å². The molecule has 2 aromatic carbocycles. The normalized spacial score (nSPS) is 25.7. The number of esters is 1. The zero-order valence-corrected chi connectivity index (χ0v) is 16.7. The number of carbonyl (C=O) groups is 2. The Bertz CT molecular complexity index is 951. The largest absolute Gasteiger partial charge is 0.506 e. The minimum atomic E-state index is -0.676. The number of phenols is 1. The molecule has 5 nitrogen and oxygen atoms in total. The fraction of sp³-hybridized carbons (Fsp3) is 0.478. The first-order chi connectivity index (χ1) is 13.2. The van der Waals surface area contributed by atoms with Crippen LogP contribution >= 0.6 is 0 Å². The van der Waals surface area contributed by atoms with Gasteiger partial charge in [0.2, 0.25) is 0 Å². The Kier molecular flexibility index (Phi) is 4.36. The number of hydrogen-bond acceptors (Lipinski definition) is 4. The van der Waals surface area contributed by atoms with Crippen molar-refractivity contribution in [2.45, 2.75) is 46.1 Å². The summed E-state index contributed by atoms with van der Waals surface area (Å²) in [5, 5.41) is 11.8. The molecule has 28 heavy (non-hydrogen) atoms. The van der Waals surface area contributed by atoms with E-state index in [4.69, 9.17) is 4.74 Å². The molecule has 2 bridgehead atoms. The van der Waals surface area contributed by atoms with Crippen molar-refractivity contribution in [3.8, 4) is 5.75 Å². The quantitative estimate of drug-likeness (QED) is 0.812. The molecule has 1 saturated heterocycles. The molecule has 1 aliphatic carbocycles. The van der Waals surface area contributed by atoms with Crippen LogP contribution in [0.2, 0.25) is 0 Å². The van der Waals surface area contributed by atoms with Gasteiger partial charge in [-0.1, -0.05) is 51.1 Å². The summed E-state index contributed by atoms with van der Waals surface area (Å²) in [6.07, 6.45) is 3.10. The average molecular weight is 381 g/mol. The lowest BCUT2D eigenvalue weighted by Crippen LogP contribution is -2.39. The number of likely N-dealkylation sites (tertiary alicyclic amines) is 1. The Labute approximate surface area is 165 Å². The van der Waals surface area contributed by atoms with Crippen LogP contribution in [0.15, 0.2) is 36.4 Å². The molecule has 2 aliphatic rings. The van der Waals surface area contributed by atoms with E-state index in [2.05, 4.69) is 20.8 Å². The predicted molar refractivity (Wildman–Crippen MR) is 107 cm³/mol. The smallest absolute Gasteiger partial charge is 0.342 e. The highest BCUT2D eigenvalue weighted by atomic mass is 16.5. The summed E-state index contributed by atoms with van der Waals surface area (Å²) in [6, 6.07) is 10.8. The third kappa shape index (κ3) is 3.34. The van der Waals surface area contributed by atoms with Crippen LogP contribution in [-0.4, -0.2) is 41.1 Å². The van der Waals surface area contributed by atoms with E-state index < -0.39 is 5.97 Å². The van der Waals surface area contributed by atoms with Crippen LogP contribution in [0.5, 0.6) is 5.75 Å². The molecule has 2 fully saturated rings. The number of benzene rings is 2. The number of aromatic hydroxyl groups is 1. The van der Waals surface area contributed by atoms with Gasteiger partial charge in [-0.05, 0) is 41.5 Å². The van der Waals surface area contributed by atoms with Gasteiger partial charge < -0.3 is 14.7 Å². The van der Waals surface area contributed by atoms with Gasteiger partial charge in [-0.25, -0.2) is 4.79 Å². The molecule has 1 N–H and O–H groups in total. The van der Waals surface area contributed by atoms with E-state index in [1.165, 1.54) is 6.07 Å². The summed E-state index contributed by atoms with van der Waals surface area (Å²) in [5.74, 6) is -0.938. The fourth-order valence-corrected chi connectivity index (χ4v) is 5.46. The summed E-state index contributed by atoms with van der Waals surface area (Å²) < 4.78 is 5.28. The maximum Gasteiger partial charge on any atom is 0.342 e. The van der Waals surface area contributed by atoms with E-state index in [1.807, 2.05) is 17.0 Å². The van der Waals surface area contributed by atoms with Crippen LogP contribution in [0.1, 0.15) is 50.4 Å². The number of fused-ring (bicyclic) bond motifs is 3. The van der Waals surface area contributed by atoms with Crippen LogP contribution in [0.3, 0.4) is 0 Å². The number of phenolic OH excluding ortho intramolecular Hbond substituents is 1. The van der Waals surface area contributed by atoms with Gasteiger partial charge in [-0.2, -0.15) is 0 Å². The molecule has 0 radical (unpaired) electrons. The number of nitrogens with zero attached hydrogens (tertiary/aromatic N) is 1. The minimum Gasteiger partial charge on any atom is -0.506 e. The number of hydrogen-bond donors (Lipinski definition) is 1. The minimum absolute atomic E-state index is 0.0831. The summed E-state index contributed by atoms with van der Waals surface area (Å²) in [7, 11) is 0. The number of rotatable bonds is 3. The van der Waals surface area contributed by atoms with E-state index in [0.717, 1.165) is 31.2 Å². The number of carbonyl (C=O) groups excluding carboxylic acids is 2. The molecule has 0 spiro atoms. The van der Waals surface area contributed by atoms with Gasteiger partial charge in [0.05, 0.1) is 0 Å². The molecule has 2 aromatic rings. The average Bonchev–Trinajstić information content (AvgIpc) is 2.88. The van der Waals surface area contributed by atoms with Crippen LogP contribution in [-0.2, 0) is 9.53 Å². The Morgan fingerprint density at radius 3 is 2.68 bits per heavy atom. The second-order valence-electron chi connectivity index (χ2n) is 9.49. The zero-order chi connectivity index (χ0) is 20.1. The van der Waals surface area contributed by atoms with E-state index >= 15 is 0 Å². The maximum atomic E-state index is 12.8. The molecule has 2 atom stereocenters. The van der Waals surface area contributed by atoms with E-state index in [-0.39, 0.29) is 40.7 Å². The van der Waals surface area contributed by atoms with Crippen molar-refractivity contribution in [1.82, 2.24) is 4.90 Å². The lowest BCUT2D eigenvalue weighted by atomic mass is 9.65. The molecular formula is C23H27NO4. The Morgan fingerprint density at radius 1 is 1.14 bits per heavy atom. The van der Waals surface area contributed by atoms with Gasteiger partial charge in [0, 0.05) is 18.0 Å². The summed E-state index contributed by atoms with van der Waals surface area (Å²) in [4.78, 5) is 27.1. The fourth-order valence-electron chi connectivity index (χ4n) is 5.46. The van der Waals surface area contributed by atoms with Gasteiger partial charge in [-0.15, -0.1) is 0 Å². The topological polar surface area (TPSA) is 66.8 Å². The first-order valence-electron chi connectivity index (χ1n) is 9.85. The molecule has 148 valence electrons. The monoisotopic (exact) mass is 381 g/mol. The second kappa shape index (κ2) is 6.50. The predicted octanol–water partition coefficient (Wildman–Crippen LogP) is 4.13. The highest BCUT2D eigenvalue weighted by molar-refractivity contribution is 6.01. The van der Waals surface area contributed by atoms with Gasteiger partial charge >= 0.3 is 5.97 Å². The first-order valence-corrected chi connectivity index (χ1v) is 9.85. The molecule has 1 heterocycles. The van der Waals surface area contributed by atoms with E-state index in [0.29, 0.717) is 5.39 Å². The van der Waals surface area contributed by atoms with Crippen molar-refractivity contribution in [1.29, 1.82) is 0 Å². The zero-order valence-electron chi connectivity index (χ0n) is 16.7. The van der Waals surface area contributed by atoms with Crippen LogP contribution < -0.4 is 0 Å². The summed E-state index contributed by atoms with van der Waals surface area (Å²) >= 11 is 0. The molecule has 4 rings (SSSR count). The Balaban J connectivity index is 1.44. The number of ether oxygens (including phenoxy) is 1. The van der Waals surface area contributed by atoms with Gasteiger partial charge in [-0.3, -0.25) is 4.79 Å². The van der Waals surface area contributed by atoms with Gasteiger partial charge in [0.15, 0.2) is 6.61 Å². The van der Waals surface area contributed by atoms with Crippen LogP contribution in [0.4, 0.5) is 0 Å². The Morgan fingerprint density at radius 2 is 1.89 bits per heavy atom. The molecule has 1 saturated carbocycles. The third-order valence-corrected chi connectivity index (χ3v) is 6.18. The number of amides is 1. The van der Waals surface area contributed by atoms with Crippen molar-refractivity contribution in [2.24, 2.45) is 10.8 Å². The molecule has 1 aliphatic heterocycles. The lowest BCUT2D eigenvalue weighted by Gasteiger charge is -2.39. The second-order valence-corrected chi connectivity index (χ2v) is 9.49. The molecular weight excluding hydrogens is 354 g/mol. The third-order valence-electron chi connectivity index (χ3n) is 6.18. The SMILES string of the molecule is CC1(C)C[C@@H]2C[C@](C)(CN2C(=O)COC(=O)c2ccc3ccccc3c2O)C1.